The molecule has 0 saturated carbocycles. The van der Waals surface area contributed by atoms with Crippen LogP contribution in [0.3, 0.4) is 0 Å². The first-order valence-electron chi connectivity index (χ1n) is 7.58. The second-order valence-electron chi connectivity index (χ2n) is 6.08. The van der Waals surface area contributed by atoms with Crippen LogP contribution in [0.5, 0.6) is 0 Å². The third-order valence-corrected chi connectivity index (χ3v) is 7.21. The van der Waals surface area contributed by atoms with E-state index >= 15 is 0 Å². The standard InChI is InChI=1S/C16H19BrN2O3S/c1-11-16(17)13-4-2-3-5-14(13)19(11)9-15(20)18-8-12-6-7-23(21,22)10-12/h2-5,12H,6-10H2,1H3,(H,18,20). The molecule has 3 rings (SSSR count). The minimum Gasteiger partial charge on any atom is -0.354 e. The molecule has 1 fully saturated rings. The van der Waals surface area contributed by atoms with E-state index < -0.39 is 9.84 Å². The summed E-state index contributed by atoms with van der Waals surface area (Å²) in [5.41, 5.74) is 2.01. The van der Waals surface area contributed by atoms with Gasteiger partial charge >= 0.3 is 0 Å². The highest BCUT2D eigenvalue weighted by Gasteiger charge is 2.28. The topological polar surface area (TPSA) is 68.2 Å². The van der Waals surface area contributed by atoms with Gasteiger partial charge in [0.2, 0.25) is 5.91 Å². The molecule has 1 amide bonds. The number of hydrogen-bond donors (Lipinski definition) is 1. The number of carbonyl (C=O) groups is 1. The number of para-hydroxylation sites is 1. The van der Waals surface area contributed by atoms with Crippen molar-refractivity contribution in [3.63, 3.8) is 0 Å². The molecule has 1 aliphatic rings. The highest BCUT2D eigenvalue weighted by molar-refractivity contribution is 9.10. The third-order valence-electron chi connectivity index (χ3n) is 4.37. The fraction of sp³-hybridized carbons (Fsp3) is 0.438. The first-order valence-corrected chi connectivity index (χ1v) is 10.2. The lowest BCUT2D eigenvalue weighted by atomic mass is 10.1. The van der Waals surface area contributed by atoms with Crippen LogP contribution in [0, 0.1) is 12.8 Å². The summed E-state index contributed by atoms with van der Waals surface area (Å²) < 4.78 is 25.9. The lowest BCUT2D eigenvalue weighted by Crippen LogP contribution is -2.32. The molecule has 1 aromatic heterocycles. The van der Waals surface area contributed by atoms with Crippen molar-refractivity contribution in [2.24, 2.45) is 5.92 Å². The number of hydrogen-bond acceptors (Lipinski definition) is 3. The molecule has 124 valence electrons. The molecule has 23 heavy (non-hydrogen) atoms. The molecule has 1 atom stereocenters. The molecular weight excluding hydrogens is 380 g/mol. The molecule has 1 saturated heterocycles. The molecule has 0 radical (unpaired) electrons. The Kier molecular flexibility index (Phi) is 4.51. The van der Waals surface area contributed by atoms with Crippen LogP contribution in [-0.2, 0) is 21.2 Å². The summed E-state index contributed by atoms with van der Waals surface area (Å²) in [5.74, 6) is 0.371. The summed E-state index contributed by atoms with van der Waals surface area (Å²) >= 11 is 3.58. The van der Waals surface area contributed by atoms with Crippen molar-refractivity contribution in [3.05, 3.63) is 34.4 Å². The van der Waals surface area contributed by atoms with Gasteiger partial charge in [0.1, 0.15) is 6.54 Å². The normalized spacial score (nSPS) is 20.0. The zero-order valence-corrected chi connectivity index (χ0v) is 15.3. The number of carbonyl (C=O) groups excluding carboxylic acids is 1. The Labute approximate surface area is 144 Å². The van der Waals surface area contributed by atoms with Crippen LogP contribution < -0.4 is 5.32 Å². The Morgan fingerprint density at radius 3 is 2.83 bits per heavy atom. The van der Waals surface area contributed by atoms with Gasteiger partial charge in [-0.1, -0.05) is 18.2 Å². The lowest BCUT2D eigenvalue weighted by molar-refractivity contribution is -0.121. The van der Waals surface area contributed by atoms with E-state index in [0.29, 0.717) is 13.0 Å². The maximum Gasteiger partial charge on any atom is 0.239 e. The highest BCUT2D eigenvalue weighted by Crippen LogP contribution is 2.30. The quantitative estimate of drug-likeness (QED) is 0.858. The second-order valence-corrected chi connectivity index (χ2v) is 9.10. The predicted octanol–water partition coefficient (Wildman–Crippen LogP) is 2.26. The van der Waals surface area contributed by atoms with Gasteiger partial charge in [-0.05, 0) is 41.3 Å². The first kappa shape index (κ1) is 16.5. The summed E-state index contributed by atoms with van der Waals surface area (Å²) in [6.45, 7) is 2.63. The van der Waals surface area contributed by atoms with Crippen molar-refractivity contribution in [2.45, 2.75) is 19.9 Å². The number of nitrogens with one attached hydrogen (secondary N) is 1. The van der Waals surface area contributed by atoms with Gasteiger partial charge in [0.15, 0.2) is 9.84 Å². The summed E-state index contributed by atoms with van der Waals surface area (Å²) in [6.07, 6.45) is 0.639. The van der Waals surface area contributed by atoms with Crippen LogP contribution in [0.25, 0.3) is 10.9 Å². The predicted molar refractivity (Wildman–Crippen MR) is 94.1 cm³/mol. The Bertz CT molecular complexity index is 858. The Balaban J connectivity index is 1.68. The largest absolute Gasteiger partial charge is 0.354 e. The van der Waals surface area contributed by atoms with Crippen molar-refractivity contribution in [2.75, 3.05) is 18.1 Å². The minimum atomic E-state index is -2.90. The Morgan fingerprint density at radius 1 is 1.39 bits per heavy atom. The number of fused-ring (bicyclic) bond motifs is 1. The van der Waals surface area contributed by atoms with Crippen LogP contribution in [0.4, 0.5) is 0 Å². The van der Waals surface area contributed by atoms with Crippen LogP contribution in [0.2, 0.25) is 0 Å². The molecule has 1 N–H and O–H groups in total. The van der Waals surface area contributed by atoms with E-state index in [1.54, 1.807) is 0 Å². The van der Waals surface area contributed by atoms with Crippen LogP contribution >= 0.6 is 15.9 Å². The van der Waals surface area contributed by atoms with Crippen molar-refractivity contribution < 1.29 is 13.2 Å². The van der Waals surface area contributed by atoms with E-state index in [-0.39, 0.29) is 29.9 Å². The zero-order valence-electron chi connectivity index (χ0n) is 12.9. The molecular formula is C16H19BrN2O3S. The fourth-order valence-electron chi connectivity index (χ4n) is 3.08. The average molecular weight is 399 g/mol. The van der Waals surface area contributed by atoms with E-state index in [1.807, 2.05) is 35.8 Å². The first-order chi connectivity index (χ1) is 10.9. The molecule has 0 spiro atoms. The number of amides is 1. The van der Waals surface area contributed by atoms with Gasteiger partial charge in [-0.2, -0.15) is 0 Å². The fourth-order valence-corrected chi connectivity index (χ4v) is 5.49. The smallest absolute Gasteiger partial charge is 0.239 e. The molecule has 0 bridgehead atoms. The SMILES string of the molecule is Cc1c(Br)c2ccccc2n1CC(=O)NCC1CCS(=O)(=O)C1. The number of halogens is 1. The van der Waals surface area contributed by atoms with E-state index in [0.717, 1.165) is 21.1 Å². The molecule has 1 aliphatic heterocycles. The van der Waals surface area contributed by atoms with Crippen LogP contribution in [-0.4, -0.2) is 36.9 Å². The number of rotatable bonds is 4. The zero-order chi connectivity index (χ0) is 16.6. The van der Waals surface area contributed by atoms with E-state index in [9.17, 15) is 13.2 Å². The molecule has 2 heterocycles. The Hall–Kier alpha value is -1.34. The number of benzene rings is 1. The molecule has 5 nitrogen and oxygen atoms in total. The van der Waals surface area contributed by atoms with Gasteiger partial charge in [0.05, 0.1) is 11.5 Å². The summed E-state index contributed by atoms with van der Waals surface area (Å²) in [4.78, 5) is 12.2. The molecule has 2 aromatic rings. The minimum absolute atomic E-state index is 0.0400. The maximum atomic E-state index is 12.2. The number of sulfone groups is 1. The number of aromatic nitrogens is 1. The van der Waals surface area contributed by atoms with Crippen molar-refractivity contribution in [1.29, 1.82) is 0 Å². The Morgan fingerprint density at radius 2 is 2.13 bits per heavy atom. The van der Waals surface area contributed by atoms with Gasteiger partial charge in [-0.25, -0.2) is 8.42 Å². The summed E-state index contributed by atoms with van der Waals surface area (Å²) in [6, 6.07) is 7.93. The second kappa shape index (κ2) is 6.28. The van der Waals surface area contributed by atoms with Gasteiger partial charge < -0.3 is 9.88 Å². The highest BCUT2D eigenvalue weighted by atomic mass is 79.9. The van der Waals surface area contributed by atoms with Gasteiger partial charge in [-0.15, -0.1) is 0 Å². The van der Waals surface area contributed by atoms with Gasteiger partial charge in [-0.3, -0.25) is 4.79 Å². The maximum absolute atomic E-state index is 12.2. The average Bonchev–Trinajstić information content (AvgIpc) is 2.98. The molecule has 1 aromatic carbocycles. The summed E-state index contributed by atoms with van der Waals surface area (Å²) in [7, 11) is -2.90. The molecule has 1 unspecified atom stereocenters. The van der Waals surface area contributed by atoms with Crippen LogP contribution in [0.15, 0.2) is 28.7 Å². The van der Waals surface area contributed by atoms with Gasteiger partial charge in [0.25, 0.3) is 0 Å². The van der Waals surface area contributed by atoms with Crippen molar-refractivity contribution in [1.82, 2.24) is 9.88 Å². The lowest BCUT2D eigenvalue weighted by Gasteiger charge is -2.12. The molecule has 7 heteroatoms. The summed E-state index contributed by atoms with van der Waals surface area (Å²) in [5, 5.41) is 3.96. The van der Waals surface area contributed by atoms with Gasteiger partial charge in [0, 0.05) is 27.6 Å². The van der Waals surface area contributed by atoms with E-state index in [4.69, 9.17) is 0 Å². The monoisotopic (exact) mass is 398 g/mol. The van der Waals surface area contributed by atoms with Crippen LogP contribution in [0.1, 0.15) is 12.1 Å². The van der Waals surface area contributed by atoms with Crippen molar-refractivity contribution in [3.8, 4) is 0 Å². The van der Waals surface area contributed by atoms with E-state index in [1.165, 1.54) is 0 Å². The number of nitrogens with zero attached hydrogens (tertiary/aromatic N) is 1. The molecule has 0 aliphatic carbocycles. The third kappa shape index (κ3) is 3.45. The van der Waals surface area contributed by atoms with Crippen molar-refractivity contribution >= 4 is 42.6 Å². The van der Waals surface area contributed by atoms with E-state index in [2.05, 4.69) is 21.2 Å².